The summed E-state index contributed by atoms with van der Waals surface area (Å²) in [7, 11) is 0. The summed E-state index contributed by atoms with van der Waals surface area (Å²) in [5.41, 5.74) is 27.9. The first-order valence-corrected chi connectivity index (χ1v) is 35.1. The molecule has 2 aliphatic rings. The van der Waals surface area contributed by atoms with Crippen LogP contribution < -0.4 is 26.0 Å². The molecule has 0 N–H and O–H groups in total. The van der Waals surface area contributed by atoms with Crippen LogP contribution in [0.5, 0.6) is 11.5 Å². The van der Waals surface area contributed by atoms with E-state index in [9.17, 15) is 0 Å². The molecule has 474 valence electrons. The number of aromatic nitrogens is 4. The second kappa shape index (κ2) is 21.8. The number of ether oxygens (including phenoxy) is 1. The Morgan fingerprint density at radius 3 is 1.07 bits per heavy atom. The van der Waals surface area contributed by atoms with Crippen molar-refractivity contribution in [3.05, 3.63) is 339 Å². The zero-order chi connectivity index (χ0) is 66.8. The maximum Gasteiger partial charge on any atom is 0.256 e. The second-order valence-electron chi connectivity index (χ2n) is 28.3. The minimum Gasteiger partial charge on any atom is -0.458 e. The Kier molecular flexibility index (Phi) is 12.4. The molecular formula is C94H64BN5O. The number of anilines is 3. The normalized spacial score (nSPS) is 12.7. The maximum atomic E-state index is 7.71. The van der Waals surface area contributed by atoms with Gasteiger partial charge in [-0.1, -0.05) is 263 Å². The molecule has 0 spiro atoms. The van der Waals surface area contributed by atoms with Gasteiger partial charge in [-0.15, -0.1) is 0 Å². The van der Waals surface area contributed by atoms with E-state index in [1.165, 1.54) is 54.1 Å². The highest BCUT2D eigenvalue weighted by molar-refractivity contribution is 6.99. The van der Waals surface area contributed by atoms with Crippen LogP contribution in [0.2, 0.25) is 0 Å². The Morgan fingerprint density at radius 1 is 0.257 bits per heavy atom. The Hall–Kier alpha value is -12.8. The smallest absolute Gasteiger partial charge is 0.256 e. The molecule has 0 saturated heterocycles. The summed E-state index contributed by atoms with van der Waals surface area (Å²) in [6.07, 6.45) is 0. The monoisotopic (exact) mass is 1290 g/mol. The van der Waals surface area contributed by atoms with Crippen molar-refractivity contribution in [2.75, 3.05) is 4.90 Å². The standard InChI is InChI=1S/C94H64BN5O/c1-94(2,3)62-57-88-91-90(58-62)101-89-56-61(65-39-26-50-86(97-79-43-19-10-32-68(79)69-33-11-20-44-80(69)97)93(65)100-83-47-23-14-36-72(83)73-37-15-24-48-84(73)100)52-54-75(89)95(91)74-53-51-60(55-87(74)98(88)76-40-16-7-29-63(76)59-27-5-4-6-28-59)64-38-25-49-85(96-77-41-17-8-30-66(77)67-31-9-18-42-78(67)96)92(64)99-81-45-21-12-34-70(81)71-35-13-22-46-82(71)99/h4-58H,1-3H3. The fraction of sp³-hybridized carbons (Fsp3) is 0.0426. The van der Waals surface area contributed by atoms with E-state index in [0.717, 1.165) is 140 Å². The number of para-hydroxylation sites is 11. The number of fused-ring (bicyclic) bond motifs is 16. The van der Waals surface area contributed by atoms with Crippen molar-refractivity contribution in [2.45, 2.75) is 26.2 Å². The van der Waals surface area contributed by atoms with E-state index >= 15 is 0 Å². The first-order valence-electron chi connectivity index (χ1n) is 35.1. The summed E-state index contributed by atoms with van der Waals surface area (Å²) in [6, 6.07) is 124. The van der Waals surface area contributed by atoms with E-state index in [2.05, 4.69) is 378 Å². The SMILES string of the molecule is CC(C)(C)c1cc2c3c(c1)N(c1ccccc1-c1ccccc1)c1cc(-c4cccc(-n5c6ccccc6c6ccccc65)c4-n4c5ccccc5c5ccccc54)ccc1B3c1ccc(-c3cccc(-n4c5ccccc5c5ccccc54)c3-n3c4ccccc4c4ccccc43)cc1O2. The summed E-state index contributed by atoms with van der Waals surface area (Å²) in [5, 5.41) is 9.71. The van der Waals surface area contributed by atoms with Gasteiger partial charge in [-0.05, 0) is 135 Å². The van der Waals surface area contributed by atoms with Crippen molar-refractivity contribution in [2.24, 2.45) is 0 Å². The predicted molar refractivity (Wildman–Crippen MR) is 425 cm³/mol. The quantitative estimate of drug-likeness (QED) is 0.142. The van der Waals surface area contributed by atoms with Crippen molar-refractivity contribution >= 4 is 127 Å². The van der Waals surface area contributed by atoms with E-state index in [-0.39, 0.29) is 12.1 Å². The average Bonchev–Trinajstić information content (AvgIpc) is 1.22. The van der Waals surface area contributed by atoms with Crippen LogP contribution >= 0.6 is 0 Å². The molecule has 0 fully saturated rings. The number of hydrogen-bond acceptors (Lipinski definition) is 2. The molecule has 6 nitrogen and oxygen atoms in total. The lowest BCUT2D eigenvalue weighted by atomic mass is 9.34. The van der Waals surface area contributed by atoms with Crippen LogP contribution in [0.15, 0.2) is 334 Å². The van der Waals surface area contributed by atoms with Crippen molar-refractivity contribution in [1.29, 1.82) is 0 Å². The highest BCUT2D eigenvalue weighted by atomic mass is 16.5. The first kappa shape index (κ1) is 57.3. The lowest BCUT2D eigenvalue weighted by Gasteiger charge is -2.42. The molecule has 0 radical (unpaired) electrons. The van der Waals surface area contributed by atoms with Gasteiger partial charge in [0.25, 0.3) is 6.71 Å². The molecule has 21 rings (SSSR count). The maximum absolute atomic E-state index is 7.71. The molecule has 4 aromatic heterocycles. The minimum atomic E-state index is -0.256. The van der Waals surface area contributed by atoms with Crippen molar-refractivity contribution in [3.8, 4) is 67.6 Å². The van der Waals surface area contributed by atoms with Crippen LogP contribution in [0.4, 0.5) is 17.1 Å². The summed E-state index contributed by atoms with van der Waals surface area (Å²) in [6.45, 7) is 6.76. The van der Waals surface area contributed by atoms with Crippen molar-refractivity contribution in [3.63, 3.8) is 0 Å². The van der Waals surface area contributed by atoms with Gasteiger partial charge in [-0.3, -0.25) is 0 Å². The molecule has 0 unspecified atom stereocenters. The number of benzene rings is 15. The lowest BCUT2D eigenvalue weighted by molar-refractivity contribution is 0.483. The molecule has 6 heterocycles. The molecule has 0 bridgehead atoms. The summed E-state index contributed by atoms with van der Waals surface area (Å²) in [5.74, 6) is 1.71. The average molecular weight is 1290 g/mol. The Morgan fingerprint density at radius 2 is 0.624 bits per heavy atom. The third-order valence-corrected chi connectivity index (χ3v) is 21.8. The lowest BCUT2D eigenvalue weighted by Crippen LogP contribution is -2.59. The van der Waals surface area contributed by atoms with Crippen LogP contribution in [0, 0.1) is 0 Å². The predicted octanol–water partition coefficient (Wildman–Crippen LogP) is 22.8. The van der Waals surface area contributed by atoms with E-state index in [1.54, 1.807) is 0 Å². The van der Waals surface area contributed by atoms with Gasteiger partial charge in [0.1, 0.15) is 11.5 Å². The zero-order valence-corrected chi connectivity index (χ0v) is 56.0. The van der Waals surface area contributed by atoms with Gasteiger partial charge in [0.2, 0.25) is 0 Å². The first-order chi connectivity index (χ1) is 49.8. The fourth-order valence-electron chi connectivity index (χ4n) is 17.3. The Bertz CT molecular complexity index is 6480. The van der Waals surface area contributed by atoms with Gasteiger partial charge in [-0.25, -0.2) is 0 Å². The van der Waals surface area contributed by atoms with Gasteiger partial charge in [0.05, 0.1) is 72.6 Å². The topological polar surface area (TPSA) is 32.2 Å². The Labute approximate surface area is 584 Å². The molecule has 0 amide bonds. The van der Waals surface area contributed by atoms with E-state index in [0.29, 0.717) is 0 Å². The van der Waals surface area contributed by atoms with Gasteiger partial charge >= 0.3 is 0 Å². The molecule has 7 heteroatoms. The van der Waals surface area contributed by atoms with Crippen LogP contribution in [0.3, 0.4) is 0 Å². The van der Waals surface area contributed by atoms with Crippen LogP contribution in [0.25, 0.3) is 143 Å². The largest absolute Gasteiger partial charge is 0.458 e. The van der Waals surface area contributed by atoms with Gasteiger partial charge in [0, 0.05) is 71.2 Å². The molecule has 101 heavy (non-hydrogen) atoms. The molecule has 19 aromatic rings. The van der Waals surface area contributed by atoms with Gasteiger partial charge in [-0.2, -0.15) is 0 Å². The highest BCUT2D eigenvalue weighted by Gasteiger charge is 2.44. The Balaban J connectivity index is 0.834. The minimum absolute atomic E-state index is 0.211. The van der Waals surface area contributed by atoms with Gasteiger partial charge < -0.3 is 27.9 Å². The van der Waals surface area contributed by atoms with Crippen LogP contribution in [-0.2, 0) is 5.41 Å². The van der Waals surface area contributed by atoms with Crippen LogP contribution in [0.1, 0.15) is 26.3 Å². The summed E-state index contributed by atoms with van der Waals surface area (Å²) >= 11 is 0. The highest BCUT2D eigenvalue weighted by Crippen LogP contribution is 2.50. The molecule has 2 aliphatic heterocycles. The van der Waals surface area contributed by atoms with E-state index < -0.39 is 0 Å². The second-order valence-corrected chi connectivity index (χ2v) is 28.3. The van der Waals surface area contributed by atoms with Crippen molar-refractivity contribution in [1.82, 2.24) is 18.3 Å². The van der Waals surface area contributed by atoms with Crippen LogP contribution in [-0.4, -0.2) is 25.0 Å². The zero-order valence-electron chi connectivity index (χ0n) is 56.0. The third kappa shape index (κ3) is 8.41. The number of rotatable bonds is 8. The van der Waals surface area contributed by atoms with Gasteiger partial charge in [0.15, 0.2) is 0 Å². The third-order valence-electron chi connectivity index (χ3n) is 21.8. The number of nitrogens with zero attached hydrogens (tertiary/aromatic N) is 5. The molecular weight excluding hydrogens is 1230 g/mol. The molecule has 15 aromatic carbocycles. The molecule has 0 aliphatic carbocycles. The number of hydrogen-bond donors (Lipinski definition) is 0. The van der Waals surface area contributed by atoms with Crippen molar-refractivity contribution < 1.29 is 4.74 Å². The summed E-state index contributed by atoms with van der Waals surface area (Å²) in [4.78, 5) is 2.57. The fourth-order valence-corrected chi connectivity index (χ4v) is 17.3. The van der Waals surface area contributed by atoms with E-state index in [1.807, 2.05) is 0 Å². The molecule has 0 atom stereocenters. The molecule has 0 saturated carbocycles. The summed E-state index contributed by atoms with van der Waals surface area (Å²) < 4.78 is 17.7. The van der Waals surface area contributed by atoms with E-state index in [4.69, 9.17) is 4.74 Å².